The molecule has 0 bridgehead atoms. The maximum Gasteiger partial charge on any atom is 0.344 e. The molecule has 0 fully saturated rings. The van der Waals surface area contributed by atoms with Gasteiger partial charge in [-0.15, -0.1) is 11.3 Å². The molecule has 0 saturated carbocycles. The molecule has 3 rings (SSSR count). The summed E-state index contributed by atoms with van der Waals surface area (Å²) in [5, 5.41) is 5.90. The summed E-state index contributed by atoms with van der Waals surface area (Å²) in [6.45, 7) is 1.79. The molecule has 26 heavy (non-hydrogen) atoms. The summed E-state index contributed by atoms with van der Waals surface area (Å²) in [7, 11) is 1.68. The van der Waals surface area contributed by atoms with Crippen LogP contribution in [0.25, 0.3) is 11.3 Å². The van der Waals surface area contributed by atoms with Crippen molar-refractivity contribution in [2.24, 2.45) is 0 Å². The zero-order chi connectivity index (χ0) is 18.5. The summed E-state index contributed by atoms with van der Waals surface area (Å²) in [4.78, 5) is 27.3. The molecule has 0 atom stereocenters. The zero-order valence-electron chi connectivity index (χ0n) is 14.5. The number of aryl methyl sites for hydroxylation is 1. The van der Waals surface area contributed by atoms with Crippen molar-refractivity contribution in [3.8, 4) is 11.3 Å². The van der Waals surface area contributed by atoms with Crippen LogP contribution < -0.4 is 0 Å². The lowest BCUT2D eigenvalue weighted by atomic mass is 10.1. The Balaban J connectivity index is 1.65. The number of thiophene rings is 1. The highest BCUT2D eigenvalue weighted by molar-refractivity contribution is 7.09. The number of hydrogen-bond acceptors (Lipinski definition) is 6. The number of likely N-dealkylation sites (N-methyl/N-ethyl adjacent to an activating group) is 1. The van der Waals surface area contributed by atoms with Crippen LogP contribution in [0.2, 0.25) is 0 Å². The molecule has 0 unspecified atom stereocenters. The van der Waals surface area contributed by atoms with Crippen LogP contribution >= 0.6 is 11.3 Å². The first-order valence-corrected chi connectivity index (χ1v) is 8.89. The zero-order valence-corrected chi connectivity index (χ0v) is 15.3. The standard InChI is InChI=1S/C19H18N2O4S/c1-13-17(18(20-25-13)14-7-4-3-5-8-14)19(23)24-12-16(22)21(2)11-15-9-6-10-26-15/h3-10H,11-12H2,1-2H3. The summed E-state index contributed by atoms with van der Waals surface area (Å²) in [6.07, 6.45) is 0. The van der Waals surface area contributed by atoms with Gasteiger partial charge < -0.3 is 14.2 Å². The first-order chi connectivity index (χ1) is 12.6. The lowest BCUT2D eigenvalue weighted by Crippen LogP contribution is -2.30. The van der Waals surface area contributed by atoms with Gasteiger partial charge in [-0.2, -0.15) is 0 Å². The molecule has 0 aliphatic heterocycles. The monoisotopic (exact) mass is 370 g/mol. The van der Waals surface area contributed by atoms with E-state index >= 15 is 0 Å². The number of carbonyl (C=O) groups is 2. The minimum atomic E-state index is -0.625. The van der Waals surface area contributed by atoms with Crippen LogP contribution in [0, 0.1) is 6.92 Å². The fourth-order valence-electron chi connectivity index (χ4n) is 2.44. The summed E-state index contributed by atoms with van der Waals surface area (Å²) in [5.41, 5.74) is 1.40. The van der Waals surface area contributed by atoms with Gasteiger partial charge in [-0.05, 0) is 18.4 Å². The van der Waals surface area contributed by atoms with Crippen LogP contribution in [-0.4, -0.2) is 35.6 Å². The lowest BCUT2D eigenvalue weighted by molar-refractivity contribution is -0.133. The van der Waals surface area contributed by atoms with Gasteiger partial charge in [0, 0.05) is 17.5 Å². The average Bonchev–Trinajstić information content (AvgIpc) is 3.29. The van der Waals surface area contributed by atoms with Gasteiger partial charge in [0.15, 0.2) is 6.61 Å². The Kier molecular flexibility index (Phi) is 5.48. The van der Waals surface area contributed by atoms with Crippen molar-refractivity contribution in [2.75, 3.05) is 13.7 Å². The second kappa shape index (κ2) is 7.97. The smallest absolute Gasteiger partial charge is 0.344 e. The fourth-order valence-corrected chi connectivity index (χ4v) is 3.20. The molecule has 134 valence electrons. The molecule has 0 aliphatic carbocycles. The van der Waals surface area contributed by atoms with Crippen LogP contribution in [0.1, 0.15) is 21.0 Å². The van der Waals surface area contributed by atoms with Crippen molar-refractivity contribution in [2.45, 2.75) is 13.5 Å². The van der Waals surface area contributed by atoms with Crippen molar-refractivity contribution >= 4 is 23.2 Å². The predicted molar refractivity (Wildman–Crippen MR) is 97.8 cm³/mol. The minimum Gasteiger partial charge on any atom is -0.452 e. The highest BCUT2D eigenvalue weighted by Gasteiger charge is 2.24. The van der Waals surface area contributed by atoms with Crippen molar-refractivity contribution in [1.82, 2.24) is 10.1 Å². The summed E-state index contributed by atoms with van der Waals surface area (Å²) in [6, 6.07) is 13.1. The number of ether oxygens (including phenoxy) is 1. The number of carbonyl (C=O) groups excluding carboxylic acids is 2. The predicted octanol–water partition coefficient (Wildman–Crippen LogP) is 3.53. The Morgan fingerprint density at radius 3 is 2.65 bits per heavy atom. The van der Waals surface area contributed by atoms with Crippen molar-refractivity contribution in [3.63, 3.8) is 0 Å². The van der Waals surface area contributed by atoms with E-state index in [0.29, 0.717) is 18.0 Å². The van der Waals surface area contributed by atoms with E-state index in [1.807, 2.05) is 47.8 Å². The van der Waals surface area contributed by atoms with Crippen LogP contribution in [0.15, 0.2) is 52.4 Å². The third-order valence-corrected chi connectivity index (χ3v) is 4.70. The Morgan fingerprint density at radius 2 is 1.96 bits per heavy atom. The van der Waals surface area contributed by atoms with Crippen LogP contribution in [-0.2, 0) is 16.1 Å². The van der Waals surface area contributed by atoms with E-state index < -0.39 is 5.97 Å². The van der Waals surface area contributed by atoms with E-state index in [1.54, 1.807) is 25.3 Å². The molecule has 2 heterocycles. The number of nitrogens with zero attached hydrogens (tertiary/aromatic N) is 2. The molecular weight excluding hydrogens is 352 g/mol. The Hall–Kier alpha value is -2.93. The topological polar surface area (TPSA) is 72.6 Å². The van der Waals surface area contributed by atoms with Gasteiger partial charge in [-0.1, -0.05) is 41.6 Å². The Bertz CT molecular complexity index is 888. The molecule has 2 aromatic heterocycles. The third kappa shape index (κ3) is 4.00. The van der Waals surface area contributed by atoms with E-state index in [2.05, 4.69) is 5.16 Å². The molecule has 0 aliphatic rings. The van der Waals surface area contributed by atoms with E-state index in [1.165, 1.54) is 4.90 Å². The van der Waals surface area contributed by atoms with E-state index in [9.17, 15) is 9.59 Å². The number of benzene rings is 1. The average molecular weight is 370 g/mol. The number of aromatic nitrogens is 1. The molecule has 0 N–H and O–H groups in total. The maximum atomic E-state index is 12.5. The van der Waals surface area contributed by atoms with Gasteiger partial charge in [-0.25, -0.2) is 4.79 Å². The Morgan fingerprint density at radius 1 is 1.19 bits per heavy atom. The molecule has 3 aromatic rings. The van der Waals surface area contributed by atoms with E-state index in [0.717, 1.165) is 10.4 Å². The number of rotatable bonds is 6. The molecule has 1 aromatic carbocycles. The summed E-state index contributed by atoms with van der Waals surface area (Å²) < 4.78 is 10.4. The van der Waals surface area contributed by atoms with E-state index in [4.69, 9.17) is 9.26 Å². The fraction of sp³-hybridized carbons (Fsp3) is 0.211. The molecule has 0 spiro atoms. The van der Waals surface area contributed by atoms with Gasteiger partial charge in [-0.3, -0.25) is 4.79 Å². The second-order valence-corrected chi connectivity index (χ2v) is 6.77. The quantitative estimate of drug-likeness (QED) is 0.621. The second-order valence-electron chi connectivity index (χ2n) is 5.73. The molecule has 0 saturated heterocycles. The minimum absolute atomic E-state index is 0.241. The summed E-state index contributed by atoms with van der Waals surface area (Å²) in [5.74, 6) is -0.546. The van der Waals surface area contributed by atoms with Crippen molar-refractivity contribution < 1.29 is 18.8 Å². The first-order valence-electron chi connectivity index (χ1n) is 8.01. The normalized spacial score (nSPS) is 10.5. The van der Waals surface area contributed by atoms with Crippen LogP contribution in [0.3, 0.4) is 0 Å². The van der Waals surface area contributed by atoms with Crippen LogP contribution in [0.5, 0.6) is 0 Å². The number of amides is 1. The van der Waals surface area contributed by atoms with Crippen LogP contribution in [0.4, 0.5) is 0 Å². The Labute approximate surface area is 155 Å². The summed E-state index contributed by atoms with van der Waals surface area (Å²) >= 11 is 1.57. The molecule has 7 heteroatoms. The molecular formula is C19H18N2O4S. The van der Waals surface area contributed by atoms with Gasteiger partial charge in [0.1, 0.15) is 17.0 Å². The van der Waals surface area contributed by atoms with Gasteiger partial charge in [0.2, 0.25) is 0 Å². The SMILES string of the molecule is Cc1onc(-c2ccccc2)c1C(=O)OCC(=O)N(C)Cc1cccs1. The highest BCUT2D eigenvalue weighted by atomic mass is 32.1. The highest BCUT2D eigenvalue weighted by Crippen LogP contribution is 2.25. The first kappa shape index (κ1) is 17.9. The number of hydrogen-bond donors (Lipinski definition) is 0. The number of esters is 1. The van der Waals surface area contributed by atoms with Gasteiger partial charge in [0.25, 0.3) is 5.91 Å². The van der Waals surface area contributed by atoms with Crippen molar-refractivity contribution in [1.29, 1.82) is 0 Å². The van der Waals surface area contributed by atoms with Gasteiger partial charge in [0.05, 0.1) is 6.54 Å². The molecule has 1 amide bonds. The largest absolute Gasteiger partial charge is 0.452 e. The molecule has 0 radical (unpaired) electrons. The third-order valence-electron chi connectivity index (χ3n) is 3.84. The van der Waals surface area contributed by atoms with Crippen molar-refractivity contribution in [3.05, 3.63) is 64.0 Å². The van der Waals surface area contributed by atoms with Gasteiger partial charge >= 0.3 is 5.97 Å². The molecule has 6 nitrogen and oxygen atoms in total. The maximum absolute atomic E-state index is 12.5. The van der Waals surface area contributed by atoms with E-state index in [-0.39, 0.29) is 18.1 Å². The lowest BCUT2D eigenvalue weighted by Gasteiger charge is -2.16.